The second-order valence-corrected chi connectivity index (χ2v) is 7.11. The predicted octanol–water partition coefficient (Wildman–Crippen LogP) is 3.62. The lowest BCUT2D eigenvalue weighted by Gasteiger charge is -2.22. The molecule has 0 heterocycles. The molecule has 0 aliphatic carbocycles. The number of fused-ring (bicyclic) bond motifs is 1. The molecule has 0 aliphatic heterocycles. The topological polar surface area (TPSA) is 83.6 Å². The molecule has 0 saturated carbocycles. The van der Waals surface area contributed by atoms with E-state index in [0.29, 0.717) is 29.1 Å². The van der Waals surface area contributed by atoms with E-state index in [1.54, 1.807) is 30.3 Å². The summed E-state index contributed by atoms with van der Waals surface area (Å²) in [6, 6.07) is 10.5. The highest BCUT2D eigenvalue weighted by atomic mass is 35.5. The van der Waals surface area contributed by atoms with Crippen LogP contribution in [0.4, 0.5) is 5.69 Å². The average Bonchev–Trinajstić information content (AvgIpc) is 2.50. The van der Waals surface area contributed by atoms with Crippen LogP contribution in [0, 0.1) is 0 Å². The normalized spacial score (nSPS) is 11.8. The van der Waals surface area contributed by atoms with Crippen LogP contribution in [0.5, 0.6) is 0 Å². The van der Waals surface area contributed by atoms with Gasteiger partial charge in [0.1, 0.15) is 0 Å². The lowest BCUT2D eigenvalue weighted by Crippen LogP contribution is -2.31. The van der Waals surface area contributed by atoms with E-state index in [0.717, 1.165) is 29.0 Å². The van der Waals surface area contributed by atoms with E-state index >= 15 is 0 Å². The number of benzene rings is 2. The average molecular weight is 357 g/mol. The Hall–Kier alpha value is -1.34. The first-order valence-electron chi connectivity index (χ1n) is 7.57. The smallest absolute Gasteiger partial charge is 0.330 e. The molecule has 0 fully saturated rings. The van der Waals surface area contributed by atoms with Gasteiger partial charge in [0, 0.05) is 22.3 Å². The molecule has 0 saturated heterocycles. The molecule has 7 heteroatoms. The summed E-state index contributed by atoms with van der Waals surface area (Å²) in [6.07, 6.45) is 3.36. The van der Waals surface area contributed by atoms with Crippen LogP contribution in [0.15, 0.2) is 36.4 Å². The number of anilines is 1. The van der Waals surface area contributed by atoms with Crippen molar-refractivity contribution in [3.63, 3.8) is 0 Å². The Morgan fingerprint density at radius 1 is 1.00 bits per heavy atom. The number of hydrogen-bond acceptors (Lipinski definition) is 3. The van der Waals surface area contributed by atoms with Crippen LogP contribution in [0.1, 0.15) is 25.7 Å². The van der Waals surface area contributed by atoms with E-state index < -0.39 is 10.3 Å². The highest BCUT2D eigenvalue weighted by Gasteiger charge is 2.21. The third-order valence-corrected chi connectivity index (χ3v) is 4.97. The number of nitrogens with zero attached hydrogens (tertiary/aromatic N) is 1. The number of hydrogen-bond donors (Lipinski definition) is 2. The largest absolute Gasteiger partial charge is 0.359 e. The van der Waals surface area contributed by atoms with Gasteiger partial charge in [-0.3, -0.25) is 4.55 Å². The molecule has 0 atom stereocenters. The van der Waals surface area contributed by atoms with E-state index in [1.807, 2.05) is 6.07 Å². The fraction of sp³-hybridized carbons (Fsp3) is 0.375. The first-order valence-corrected chi connectivity index (χ1v) is 9.35. The highest BCUT2D eigenvalue weighted by molar-refractivity contribution is 7.87. The summed E-state index contributed by atoms with van der Waals surface area (Å²) in [5, 5.41) is 1.99. The summed E-state index contributed by atoms with van der Waals surface area (Å²) in [5.74, 6) is 0. The fourth-order valence-corrected chi connectivity index (χ4v) is 3.59. The van der Waals surface area contributed by atoms with Gasteiger partial charge in [0.25, 0.3) is 0 Å². The van der Waals surface area contributed by atoms with Crippen molar-refractivity contribution in [2.75, 3.05) is 17.4 Å². The monoisotopic (exact) mass is 356 g/mol. The molecule has 23 heavy (non-hydrogen) atoms. The summed E-state index contributed by atoms with van der Waals surface area (Å²) in [5.41, 5.74) is 5.88. The van der Waals surface area contributed by atoms with Crippen LogP contribution in [0.25, 0.3) is 10.8 Å². The molecule has 126 valence electrons. The zero-order valence-corrected chi connectivity index (χ0v) is 14.4. The van der Waals surface area contributed by atoms with Crippen molar-refractivity contribution < 1.29 is 13.0 Å². The number of unbranched alkanes of at least 4 members (excludes halogenated alkanes) is 3. The molecule has 3 N–H and O–H groups in total. The SMILES string of the molecule is NCCCCCCN(c1cccc2c(Cl)cccc12)S(=O)(=O)O. The molecule has 0 aromatic heterocycles. The van der Waals surface area contributed by atoms with Crippen molar-refractivity contribution in [3.8, 4) is 0 Å². The van der Waals surface area contributed by atoms with Gasteiger partial charge in [-0.15, -0.1) is 0 Å². The molecule has 2 aromatic carbocycles. The molecule has 2 aromatic rings. The maximum atomic E-state index is 11.8. The summed E-state index contributed by atoms with van der Waals surface area (Å²) in [6.45, 7) is 0.846. The van der Waals surface area contributed by atoms with Crippen molar-refractivity contribution in [2.24, 2.45) is 5.73 Å². The fourth-order valence-electron chi connectivity index (χ4n) is 2.59. The summed E-state index contributed by atoms with van der Waals surface area (Å²) >= 11 is 6.17. The van der Waals surface area contributed by atoms with Crippen LogP contribution in [0.3, 0.4) is 0 Å². The van der Waals surface area contributed by atoms with Gasteiger partial charge in [-0.2, -0.15) is 8.42 Å². The van der Waals surface area contributed by atoms with Gasteiger partial charge in [-0.05, 0) is 31.5 Å². The minimum atomic E-state index is -4.35. The summed E-state index contributed by atoms with van der Waals surface area (Å²) < 4.78 is 34.3. The van der Waals surface area contributed by atoms with Gasteiger partial charge in [-0.1, -0.05) is 48.7 Å². The quantitative estimate of drug-likeness (QED) is 0.559. The second-order valence-electron chi connectivity index (χ2n) is 5.36. The Bertz CT molecular complexity index is 765. The van der Waals surface area contributed by atoms with E-state index in [4.69, 9.17) is 17.3 Å². The lowest BCUT2D eigenvalue weighted by molar-refractivity contribution is 0.476. The van der Waals surface area contributed by atoms with Gasteiger partial charge in [0.2, 0.25) is 0 Å². The zero-order valence-electron chi connectivity index (χ0n) is 12.8. The van der Waals surface area contributed by atoms with Crippen LogP contribution in [-0.2, 0) is 10.3 Å². The van der Waals surface area contributed by atoms with Gasteiger partial charge in [0.05, 0.1) is 5.69 Å². The summed E-state index contributed by atoms with van der Waals surface area (Å²) in [7, 11) is -4.35. The molecular weight excluding hydrogens is 336 g/mol. The lowest BCUT2D eigenvalue weighted by atomic mass is 10.1. The Morgan fingerprint density at radius 3 is 2.35 bits per heavy atom. The first-order chi connectivity index (χ1) is 10.9. The summed E-state index contributed by atoms with van der Waals surface area (Å²) in [4.78, 5) is 0. The van der Waals surface area contributed by atoms with Crippen molar-refractivity contribution in [3.05, 3.63) is 41.4 Å². The zero-order chi connectivity index (χ0) is 16.9. The highest BCUT2D eigenvalue weighted by Crippen LogP contribution is 2.32. The Kier molecular flexibility index (Phi) is 6.24. The molecular formula is C16H21ClN2O3S. The van der Waals surface area contributed by atoms with Crippen LogP contribution < -0.4 is 10.0 Å². The number of rotatable bonds is 8. The van der Waals surface area contributed by atoms with Crippen LogP contribution in [0.2, 0.25) is 5.02 Å². The maximum Gasteiger partial charge on any atom is 0.359 e. The Labute approximate surface area is 141 Å². The minimum absolute atomic E-state index is 0.217. The molecule has 0 amide bonds. The standard InChI is InChI=1S/C16H21ClN2O3S/c17-15-9-5-8-14-13(15)7-6-10-16(14)19(23(20,21)22)12-4-2-1-3-11-18/h5-10H,1-4,11-12,18H2,(H,20,21,22). The van der Waals surface area contributed by atoms with Gasteiger partial charge >= 0.3 is 10.3 Å². The third-order valence-electron chi connectivity index (χ3n) is 3.71. The molecule has 0 spiro atoms. The number of nitrogens with two attached hydrogens (primary N) is 1. The molecule has 2 rings (SSSR count). The number of halogens is 1. The minimum Gasteiger partial charge on any atom is -0.330 e. The molecule has 0 bridgehead atoms. The van der Waals surface area contributed by atoms with E-state index in [-0.39, 0.29) is 6.54 Å². The van der Waals surface area contributed by atoms with E-state index in [1.165, 1.54) is 0 Å². The molecule has 0 radical (unpaired) electrons. The molecule has 0 unspecified atom stereocenters. The van der Waals surface area contributed by atoms with Crippen molar-refractivity contribution >= 4 is 38.4 Å². The maximum absolute atomic E-state index is 11.8. The van der Waals surface area contributed by atoms with E-state index in [2.05, 4.69) is 0 Å². The van der Waals surface area contributed by atoms with Crippen LogP contribution >= 0.6 is 11.6 Å². The van der Waals surface area contributed by atoms with Crippen molar-refractivity contribution in [2.45, 2.75) is 25.7 Å². The van der Waals surface area contributed by atoms with Gasteiger partial charge in [-0.25, -0.2) is 4.31 Å². The van der Waals surface area contributed by atoms with Gasteiger partial charge < -0.3 is 5.73 Å². The second kappa shape index (κ2) is 7.97. The predicted molar refractivity (Wildman–Crippen MR) is 95.4 cm³/mol. The van der Waals surface area contributed by atoms with Crippen molar-refractivity contribution in [1.82, 2.24) is 0 Å². The van der Waals surface area contributed by atoms with Crippen molar-refractivity contribution in [1.29, 1.82) is 0 Å². The van der Waals surface area contributed by atoms with E-state index in [9.17, 15) is 13.0 Å². The van der Waals surface area contributed by atoms with Gasteiger partial charge in [0.15, 0.2) is 0 Å². The third kappa shape index (κ3) is 4.57. The molecule has 5 nitrogen and oxygen atoms in total. The van der Waals surface area contributed by atoms with Crippen LogP contribution in [-0.4, -0.2) is 26.1 Å². The Morgan fingerprint density at radius 2 is 1.65 bits per heavy atom. The molecule has 0 aliphatic rings. The first kappa shape index (κ1) is 18.0. The Balaban J connectivity index is 2.32.